The lowest BCUT2D eigenvalue weighted by Crippen LogP contribution is -2.53. The van der Waals surface area contributed by atoms with Crippen LogP contribution in [0.1, 0.15) is 20.8 Å². The second-order valence-corrected chi connectivity index (χ2v) is 10.2. The first-order valence-electron chi connectivity index (χ1n) is 8.04. The monoisotopic (exact) mass is 442 g/mol. The third kappa shape index (κ3) is 3.76. The van der Waals surface area contributed by atoms with Crippen LogP contribution >= 0.6 is 12.2 Å². The molecular weight excluding hydrogens is 424 g/mol. The molecule has 1 aliphatic heterocycles. The lowest BCUT2D eigenvalue weighted by Gasteiger charge is -2.38. The van der Waals surface area contributed by atoms with Gasteiger partial charge in [0.2, 0.25) is 0 Å². The fourth-order valence-electron chi connectivity index (χ4n) is 3.28. The van der Waals surface area contributed by atoms with E-state index >= 15 is 0 Å². The van der Waals surface area contributed by atoms with Crippen LogP contribution in [0.4, 0.5) is 5.69 Å². The minimum absolute atomic E-state index is 0.0906. The molecule has 1 heterocycles. The Morgan fingerprint density at radius 1 is 1.04 bits per heavy atom. The highest BCUT2D eigenvalue weighted by atomic mass is 32.2. The lowest BCUT2D eigenvalue weighted by atomic mass is 10.0. The number of rotatable bonds is 3. The summed E-state index contributed by atoms with van der Waals surface area (Å²) in [4.78, 5) is 0.347. The van der Waals surface area contributed by atoms with Gasteiger partial charge in [-0.1, -0.05) is 12.1 Å². The van der Waals surface area contributed by atoms with Crippen molar-refractivity contribution in [1.82, 2.24) is 5.32 Å². The molecule has 0 aliphatic carbocycles. The molecule has 0 fully saturated rings. The van der Waals surface area contributed by atoms with Crippen LogP contribution in [0.3, 0.4) is 0 Å². The Balaban J connectivity index is 2.42. The number of hydrogen-bond acceptors (Lipinski definition) is 5. The Hall–Kier alpha value is -2.05. The van der Waals surface area contributed by atoms with E-state index in [-0.39, 0.29) is 10.8 Å². The van der Waals surface area contributed by atoms with Crippen LogP contribution in [0, 0.1) is 0 Å². The van der Waals surface area contributed by atoms with Crippen molar-refractivity contribution >= 4 is 54.0 Å². The molecule has 0 unspecified atom stereocenters. The van der Waals surface area contributed by atoms with Crippen molar-refractivity contribution in [1.29, 1.82) is 0 Å². The minimum atomic E-state index is -4.76. The number of benzene rings is 2. The Morgan fingerprint density at radius 3 is 2.21 bits per heavy atom. The van der Waals surface area contributed by atoms with Crippen LogP contribution in [0.25, 0.3) is 10.8 Å². The second-order valence-electron chi connectivity index (χ2n) is 7.02. The topological polar surface area (TPSA) is 124 Å². The summed E-state index contributed by atoms with van der Waals surface area (Å²) >= 11 is 5.45. The molecule has 3 N–H and O–H groups in total. The van der Waals surface area contributed by atoms with E-state index < -0.39 is 35.6 Å². The summed E-state index contributed by atoms with van der Waals surface area (Å²) in [6, 6.07) is 6.49. The molecule has 0 saturated heterocycles. The molecule has 0 bridgehead atoms. The highest BCUT2D eigenvalue weighted by molar-refractivity contribution is 7.86. The van der Waals surface area contributed by atoms with Crippen molar-refractivity contribution in [2.24, 2.45) is 0 Å². The number of hydrogen-bond donors (Lipinski definition) is 3. The van der Waals surface area contributed by atoms with Gasteiger partial charge >= 0.3 is 0 Å². The number of fused-ring (bicyclic) bond motifs is 1. The van der Waals surface area contributed by atoms with E-state index in [9.17, 15) is 25.9 Å². The van der Waals surface area contributed by atoms with E-state index in [4.69, 9.17) is 12.2 Å². The van der Waals surface area contributed by atoms with Gasteiger partial charge < -0.3 is 5.32 Å². The molecule has 0 radical (unpaired) electrons. The van der Waals surface area contributed by atoms with Gasteiger partial charge in [-0.25, -0.2) is 0 Å². The molecular formula is C17H18N2O6S3. The highest BCUT2D eigenvalue weighted by Crippen LogP contribution is 2.36. The molecule has 2 aromatic rings. The summed E-state index contributed by atoms with van der Waals surface area (Å²) in [6.07, 6.45) is 1.91. The quantitative estimate of drug-likeness (QED) is 0.486. The predicted octanol–water partition coefficient (Wildman–Crippen LogP) is 2.71. The van der Waals surface area contributed by atoms with E-state index in [0.717, 1.165) is 17.8 Å². The molecule has 0 saturated carbocycles. The molecule has 1 aliphatic rings. The van der Waals surface area contributed by atoms with Gasteiger partial charge in [0, 0.05) is 16.5 Å². The van der Waals surface area contributed by atoms with Gasteiger partial charge in [0.15, 0.2) is 5.11 Å². The first kappa shape index (κ1) is 20.7. The molecule has 11 heteroatoms. The second kappa shape index (κ2) is 6.49. The summed E-state index contributed by atoms with van der Waals surface area (Å²) in [5, 5.41) is 3.74. The first-order valence-corrected chi connectivity index (χ1v) is 11.3. The zero-order valence-corrected chi connectivity index (χ0v) is 17.6. The van der Waals surface area contributed by atoms with Gasteiger partial charge in [-0.15, -0.1) is 0 Å². The van der Waals surface area contributed by atoms with Gasteiger partial charge in [0.25, 0.3) is 20.2 Å². The number of anilines is 1. The molecule has 28 heavy (non-hydrogen) atoms. The SMILES string of the molecule is CC1=CC(C)(C)NC(=S)N1c1cccc2c(S(=O)(=O)O)cc(S(=O)(=O)O)cc12. The Bertz CT molecular complexity index is 1250. The van der Waals surface area contributed by atoms with E-state index in [2.05, 4.69) is 5.32 Å². The van der Waals surface area contributed by atoms with E-state index in [1.54, 1.807) is 17.0 Å². The Labute approximate surface area is 168 Å². The zero-order valence-electron chi connectivity index (χ0n) is 15.2. The molecule has 150 valence electrons. The molecule has 0 atom stereocenters. The molecule has 0 aromatic heterocycles. The standard InChI is InChI=1S/C17H18N2O6S3/c1-10-9-17(2,3)18-16(26)19(10)14-6-4-5-12-13(14)7-11(27(20,21)22)8-15(12)28(23,24)25/h4-9H,1-3H3,(H,18,26)(H,20,21,22)(H,23,24,25). The van der Waals surface area contributed by atoms with Crippen LogP contribution in [-0.2, 0) is 20.2 Å². The number of thiocarbonyl (C=S) groups is 1. The average Bonchev–Trinajstić information content (AvgIpc) is 2.50. The van der Waals surface area contributed by atoms with E-state index in [1.165, 1.54) is 6.07 Å². The summed E-state index contributed by atoms with van der Waals surface area (Å²) in [5.74, 6) is 0. The van der Waals surface area contributed by atoms with E-state index in [0.29, 0.717) is 10.8 Å². The molecule has 8 nitrogen and oxygen atoms in total. The Kier molecular flexibility index (Phi) is 4.79. The number of nitrogens with one attached hydrogen (secondary N) is 1. The molecule has 3 rings (SSSR count). The molecule has 0 spiro atoms. The van der Waals surface area contributed by atoms with Crippen molar-refractivity contribution < 1.29 is 25.9 Å². The van der Waals surface area contributed by atoms with Crippen molar-refractivity contribution in [2.75, 3.05) is 4.90 Å². The van der Waals surface area contributed by atoms with Gasteiger partial charge in [0.05, 0.1) is 16.1 Å². The summed E-state index contributed by atoms with van der Waals surface area (Å²) in [5.41, 5.74) is 0.739. The van der Waals surface area contributed by atoms with Gasteiger partial charge in [-0.05, 0) is 57.3 Å². The van der Waals surface area contributed by atoms with Gasteiger partial charge in [0.1, 0.15) is 4.90 Å². The summed E-state index contributed by atoms with van der Waals surface area (Å²) < 4.78 is 66.1. The normalized spacial score (nSPS) is 17.4. The van der Waals surface area contributed by atoms with Gasteiger partial charge in [-0.2, -0.15) is 16.8 Å². The molecule has 0 amide bonds. The summed E-state index contributed by atoms with van der Waals surface area (Å²) in [7, 11) is -9.49. The third-order valence-corrected chi connectivity index (χ3v) is 6.29. The fourth-order valence-corrected chi connectivity index (χ4v) is 5.13. The molecule has 2 aromatic carbocycles. The maximum absolute atomic E-state index is 11.8. The Morgan fingerprint density at radius 2 is 1.68 bits per heavy atom. The maximum atomic E-state index is 11.8. The van der Waals surface area contributed by atoms with Gasteiger partial charge in [-0.3, -0.25) is 14.0 Å². The number of nitrogens with zero attached hydrogens (tertiary/aromatic N) is 1. The van der Waals surface area contributed by atoms with Crippen LogP contribution in [0.15, 0.2) is 51.9 Å². The largest absolute Gasteiger partial charge is 0.354 e. The predicted molar refractivity (Wildman–Crippen MR) is 110 cm³/mol. The average molecular weight is 443 g/mol. The van der Waals surface area contributed by atoms with Crippen molar-refractivity contribution in [3.63, 3.8) is 0 Å². The van der Waals surface area contributed by atoms with E-state index in [1.807, 2.05) is 26.8 Å². The highest BCUT2D eigenvalue weighted by Gasteiger charge is 2.29. The smallest absolute Gasteiger partial charge is 0.295 e. The third-order valence-electron chi connectivity index (χ3n) is 4.28. The number of allylic oxidation sites excluding steroid dienone is 1. The van der Waals surface area contributed by atoms with Crippen molar-refractivity contribution in [3.05, 3.63) is 42.1 Å². The van der Waals surface area contributed by atoms with Crippen molar-refractivity contribution in [2.45, 2.75) is 36.1 Å². The summed E-state index contributed by atoms with van der Waals surface area (Å²) in [6.45, 7) is 5.66. The first-order chi connectivity index (χ1) is 12.7. The minimum Gasteiger partial charge on any atom is -0.354 e. The van der Waals surface area contributed by atoms with Crippen LogP contribution in [0.5, 0.6) is 0 Å². The zero-order chi connectivity index (χ0) is 21.1. The lowest BCUT2D eigenvalue weighted by molar-refractivity contribution is 0.482. The van der Waals surface area contributed by atoms with Crippen LogP contribution in [-0.4, -0.2) is 36.6 Å². The fraction of sp³-hybridized carbons (Fsp3) is 0.235. The maximum Gasteiger partial charge on any atom is 0.295 e. The van der Waals surface area contributed by atoms with Crippen LogP contribution < -0.4 is 10.2 Å². The van der Waals surface area contributed by atoms with Crippen LogP contribution in [0.2, 0.25) is 0 Å². The van der Waals surface area contributed by atoms with Crippen molar-refractivity contribution in [3.8, 4) is 0 Å².